The lowest BCUT2D eigenvalue weighted by Gasteiger charge is -2.12. The highest BCUT2D eigenvalue weighted by Gasteiger charge is 2.09. The van der Waals surface area contributed by atoms with Gasteiger partial charge in [0.25, 0.3) is 0 Å². The highest BCUT2D eigenvalue weighted by atomic mass is 32.2. The van der Waals surface area contributed by atoms with E-state index in [4.69, 9.17) is 10.2 Å². The van der Waals surface area contributed by atoms with Crippen molar-refractivity contribution in [3.63, 3.8) is 0 Å². The van der Waals surface area contributed by atoms with Crippen LogP contribution in [0.2, 0.25) is 0 Å². The van der Waals surface area contributed by atoms with Crippen LogP contribution in [-0.4, -0.2) is 41.1 Å². The van der Waals surface area contributed by atoms with Crippen LogP contribution in [0, 0.1) is 6.92 Å². The Morgan fingerprint density at radius 1 is 1.29 bits per heavy atom. The van der Waals surface area contributed by atoms with E-state index in [1.807, 2.05) is 31.2 Å². The Morgan fingerprint density at radius 3 is 2.41 bits per heavy atom. The molecule has 5 heteroatoms. The normalized spacial score (nSPS) is 10.6. The molecule has 0 heterocycles. The van der Waals surface area contributed by atoms with Crippen LogP contribution in [0.1, 0.15) is 5.56 Å². The summed E-state index contributed by atoms with van der Waals surface area (Å²) in [5.74, 6) is 0.0863. The molecule has 0 saturated carbocycles. The van der Waals surface area contributed by atoms with Crippen molar-refractivity contribution in [1.82, 2.24) is 5.32 Å². The lowest BCUT2D eigenvalue weighted by Crippen LogP contribution is -2.40. The van der Waals surface area contributed by atoms with E-state index in [0.717, 1.165) is 4.90 Å². The molecular weight excluding hydrogens is 238 g/mol. The average Bonchev–Trinajstić information content (AvgIpc) is 2.35. The van der Waals surface area contributed by atoms with Gasteiger partial charge in [0.1, 0.15) is 0 Å². The first-order chi connectivity index (χ1) is 8.15. The van der Waals surface area contributed by atoms with Crippen LogP contribution in [0.5, 0.6) is 0 Å². The zero-order valence-corrected chi connectivity index (χ0v) is 10.5. The van der Waals surface area contributed by atoms with Gasteiger partial charge in [-0.1, -0.05) is 17.7 Å². The van der Waals surface area contributed by atoms with Gasteiger partial charge in [0.2, 0.25) is 5.91 Å². The number of benzene rings is 1. The first kappa shape index (κ1) is 14.0. The molecule has 0 aliphatic rings. The van der Waals surface area contributed by atoms with E-state index in [0.29, 0.717) is 0 Å². The Labute approximate surface area is 105 Å². The van der Waals surface area contributed by atoms with Crippen molar-refractivity contribution in [2.45, 2.75) is 17.9 Å². The van der Waals surface area contributed by atoms with E-state index in [9.17, 15) is 4.79 Å². The highest BCUT2D eigenvalue weighted by Crippen LogP contribution is 2.17. The van der Waals surface area contributed by atoms with E-state index in [1.165, 1.54) is 17.3 Å². The number of amides is 1. The molecule has 0 aromatic heterocycles. The summed E-state index contributed by atoms with van der Waals surface area (Å²) in [4.78, 5) is 12.5. The van der Waals surface area contributed by atoms with Gasteiger partial charge in [-0.3, -0.25) is 4.79 Å². The van der Waals surface area contributed by atoms with Gasteiger partial charge in [-0.2, -0.15) is 0 Å². The molecule has 0 aliphatic heterocycles. The number of aliphatic hydroxyl groups excluding tert-OH is 2. The molecule has 0 fully saturated rings. The quantitative estimate of drug-likeness (QED) is 0.650. The first-order valence-electron chi connectivity index (χ1n) is 5.36. The van der Waals surface area contributed by atoms with Crippen molar-refractivity contribution >= 4 is 17.7 Å². The number of aliphatic hydroxyl groups is 2. The topological polar surface area (TPSA) is 69.6 Å². The molecule has 17 heavy (non-hydrogen) atoms. The van der Waals surface area contributed by atoms with Gasteiger partial charge in [-0.25, -0.2) is 0 Å². The largest absolute Gasteiger partial charge is 0.394 e. The molecule has 0 atom stereocenters. The summed E-state index contributed by atoms with van der Waals surface area (Å²) >= 11 is 1.42. The summed E-state index contributed by atoms with van der Waals surface area (Å²) in [6, 6.07) is 7.34. The minimum absolute atomic E-state index is 0.191. The molecule has 0 aliphatic carbocycles. The number of carbonyl (C=O) groups excluding carboxylic acids is 1. The minimum atomic E-state index is -0.568. The van der Waals surface area contributed by atoms with Crippen LogP contribution in [0.15, 0.2) is 29.2 Å². The lowest BCUT2D eigenvalue weighted by molar-refractivity contribution is -0.119. The second-order valence-electron chi connectivity index (χ2n) is 3.73. The summed E-state index contributed by atoms with van der Waals surface area (Å²) in [5, 5.41) is 20.2. The number of thioether (sulfide) groups is 1. The molecule has 1 aromatic carbocycles. The summed E-state index contributed by atoms with van der Waals surface area (Å²) in [5.41, 5.74) is 1.18. The number of hydrogen-bond acceptors (Lipinski definition) is 4. The molecule has 0 saturated heterocycles. The maximum Gasteiger partial charge on any atom is 0.230 e. The lowest BCUT2D eigenvalue weighted by atomic mass is 10.2. The van der Waals surface area contributed by atoms with E-state index in [2.05, 4.69) is 5.32 Å². The Kier molecular flexibility index (Phi) is 6.04. The van der Waals surface area contributed by atoms with Gasteiger partial charge in [-0.15, -0.1) is 11.8 Å². The molecule has 1 amide bonds. The maximum absolute atomic E-state index is 11.5. The van der Waals surface area contributed by atoms with Crippen LogP contribution in [0.25, 0.3) is 0 Å². The summed E-state index contributed by atoms with van der Waals surface area (Å²) in [6.45, 7) is 1.50. The zero-order chi connectivity index (χ0) is 12.7. The van der Waals surface area contributed by atoms with Crippen molar-refractivity contribution in [2.75, 3.05) is 19.0 Å². The van der Waals surface area contributed by atoms with E-state index in [1.54, 1.807) is 0 Å². The van der Waals surface area contributed by atoms with Gasteiger partial charge < -0.3 is 15.5 Å². The summed E-state index contributed by atoms with van der Waals surface area (Å²) in [7, 11) is 0. The number of hydrogen-bond donors (Lipinski definition) is 3. The molecule has 1 aromatic rings. The monoisotopic (exact) mass is 255 g/mol. The molecule has 3 N–H and O–H groups in total. The van der Waals surface area contributed by atoms with Crippen molar-refractivity contribution in [2.24, 2.45) is 0 Å². The van der Waals surface area contributed by atoms with E-state index < -0.39 is 6.04 Å². The molecular formula is C12H17NO3S. The number of aryl methyl sites for hydroxylation is 1. The van der Waals surface area contributed by atoms with E-state index in [-0.39, 0.29) is 24.9 Å². The Morgan fingerprint density at radius 2 is 1.88 bits per heavy atom. The van der Waals surface area contributed by atoms with Gasteiger partial charge in [0.05, 0.1) is 25.0 Å². The molecule has 0 radical (unpaired) electrons. The summed E-state index contributed by atoms with van der Waals surface area (Å²) < 4.78 is 0. The number of rotatable bonds is 6. The second kappa shape index (κ2) is 7.32. The third kappa shape index (κ3) is 5.21. The van der Waals surface area contributed by atoms with Gasteiger partial charge in [-0.05, 0) is 19.1 Å². The van der Waals surface area contributed by atoms with Crippen molar-refractivity contribution in [3.05, 3.63) is 29.8 Å². The van der Waals surface area contributed by atoms with Crippen molar-refractivity contribution < 1.29 is 15.0 Å². The predicted octanol–water partition coefficient (Wildman–Crippen LogP) is 0.557. The highest BCUT2D eigenvalue weighted by molar-refractivity contribution is 8.00. The van der Waals surface area contributed by atoms with Crippen LogP contribution in [-0.2, 0) is 4.79 Å². The van der Waals surface area contributed by atoms with Crippen LogP contribution in [0.4, 0.5) is 0 Å². The van der Waals surface area contributed by atoms with Gasteiger partial charge >= 0.3 is 0 Å². The standard InChI is InChI=1S/C12H17NO3S/c1-9-2-4-11(5-3-9)17-8-12(16)13-10(6-14)7-15/h2-5,10,14-15H,6-8H2,1H3,(H,13,16). The predicted molar refractivity (Wildman–Crippen MR) is 68.0 cm³/mol. The fourth-order valence-electron chi connectivity index (χ4n) is 1.20. The van der Waals surface area contributed by atoms with Crippen LogP contribution < -0.4 is 5.32 Å². The fourth-order valence-corrected chi connectivity index (χ4v) is 1.91. The molecule has 0 spiro atoms. The maximum atomic E-state index is 11.5. The summed E-state index contributed by atoms with van der Waals surface area (Å²) in [6.07, 6.45) is 0. The Balaban J connectivity index is 2.35. The third-order valence-corrected chi connectivity index (χ3v) is 3.21. The number of carbonyl (C=O) groups is 1. The Bertz CT molecular complexity index is 349. The van der Waals surface area contributed by atoms with Crippen molar-refractivity contribution in [3.8, 4) is 0 Å². The second-order valence-corrected chi connectivity index (χ2v) is 4.78. The Hall–Kier alpha value is -1.04. The first-order valence-corrected chi connectivity index (χ1v) is 6.35. The van der Waals surface area contributed by atoms with E-state index >= 15 is 0 Å². The van der Waals surface area contributed by atoms with Gasteiger partial charge in [0, 0.05) is 4.90 Å². The molecule has 4 nitrogen and oxygen atoms in total. The average molecular weight is 255 g/mol. The third-order valence-electron chi connectivity index (χ3n) is 2.20. The SMILES string of the molecule is Cc1ccc(SCC(=O)NC(CO)CO)cc1. The molecule has 94 valence electrons. The van der Waals surface area contributed by atoms with Crippen LogP contribution in [0.3, 0.4) is 0 Å². The zero-order valence-electron chi connectivity index (χ0n) is 9.72. The number of nitrogens with one attached hydrogen (secondary N) is 1. The molecule has 0 unspecified atom stereocenters. The van der Waals surface area contributed by atoms with Gasteiger partial charge in [0.15, 0.2) is 0 Å². The van der Waals surface area contributed by atoms with Crippen molar-refractivity contribution in [1.29, 1.82) is 0 Å². The van der Waals surface area contributed by atoms with Crippen LogP contribution >= 0.6 is 11.8 Å². The molecule has 1 rings (SSSR count). The minimum Gasteiger partial charge on any atom is -0.394 e. The smallest absolute Gasteiger partial charge is 0.230 e. The fraction of sp³-hybridized carbons (Fsp3) is 0.417. The molecule has 0 bridgehead atoms.